The van der Waals surface area contributed by atoms with Crippen molar-refractivity contribution in [1.82, 2.24) is 5.32 Å². The van der Waals surface area contributed by atoms with E-state index >= 15 is 0 Å². The fraction of sp³-hybridized carbons (Fsp3) is 0.176. The minimum atomic E-state index is -0.882. The number of hydrogen-bond acceptors (Lipinski definition) is 3. The maximum absolute atomic E-state index is 11.9. The van der Waals surface area contributed by atoms with Crippen LogP contribution in [0.4, 0.5) is 0 Å². The molecule has 0 aliphatic carbocycles. The summed E-state index contributed by atoms with van der Waals surface area (Å²) in [5, 5.41) is 3.14. The van der Waals surface area contributed by atoms with Crippen LogP contribution in [-0.2, 0) is 20.9 Å². The molecule has 0 saturated carbocycles. The Morgan fingerprint density at radius 1 is 1.09 bits per heavy atom. The highest BCUT2D eigenvalue weighted by molar-refractivity contribution is 6.31. The van der Waals surface area contributed by atoms with Gasteiger partial charge in [0.1, 0.15) is 12.6 Å². The fourth-order valence-corrected chi connectivity index (χ4v) is 2.23. The van der Waals surface area contributed by atoms with Gasteiger partial charge in [0, 0.05) is 5.02 Å². The van der Waals surface area contributed by atoms with Gasteiger partial charge in [0.15, 0.2) is 0 Å². The summed E-state index contributed by atoms with van der Waals surface area (Å²) in [5.41, 5.74) is 6.76. The number of benzene rings is 2. The number of nitrogens with two attached hydrogens (primary N) is 1. The van der Waals surface area contributed by atoms with Crippen LogP contribution in [0.5, 0.6) is 0 Å². The second kappa shape index (κ2) is 8.31. The molecular formula is C17H17ClN2O3. The van der Waals surface area contributed by atoms with Gasteiger partial charge in [-0.3, -0.25) is 9.59 Å². The molecule has 0 spiro atoms. The molecule has 3 N–H and O–H groups in total. The van der Waals surface area contributed by atoms with Gasteiger partial charge in [0.2, 0.25) is 11.8 Å². The highest BCUT2D eigenvalue weighted by Crippen LogP contribution is 2.16. The van der Waals surface area contributed by atoms with Crippen molar-refractivity contribution in [2.45, 2.75) is 12.6 Å². The lowest BCUT2D eigenvalue weighted by atomic mass is 10.1. The number of amides is 2. The molecule has 23 heavy (non-hydrogen) atoms. The summed E-state index contributed by atoms with van der Waals surface area (Å²) in [6, 6.07) is 15.1. The number of hydrogen-bond donors (Lipinski definition) is 2. The highest BCUT2D eigenvalue weighted by atomic mass is 35.5. The second-order valence-electron chi connectivity index (χ2n) is 4.90. The van der Waals surface area contributed by atoms with E-state index < -0.39 is 17.9 Å². The summed E-state index contributed by atoms with van der Waals surface area (Å²) in [6.07, 6.45) is 0. The summed E-state index contributed by atoms with van der Waals surface area (Å²) in [5.74, 6) is -1.06. The lowest BCUT2D eigenvalue weighted by Crippen LogP contribution is -2.39. The molecule has 0 unspecified atom stereocenters. The van der Waals surface area contributed by atoms with Crippen LogP contribution in [0, 0.1) is 0 Å². The standard InChI is InChI=1S/C17H17ClN2O3/c18-14-9-5-4-8-13(14)10-23-11-15(21)20-16(17(19)22)12-6-2-1-3-7-12/h1-9,16H,10-11H2,(H2,19,22)(H,20,21)/t16-/m0/s1. The van der Waals surface area contributed by atoms with E-state index in [1.807, 2.05) is 24.3 Å². The Morgan fingerprint density at radius 2 is 1.74 bits per heavy atom. The monoisotopic (exact) mass is 332 g/mol. The molecule has 2 rings (SSSR count). The van der Waals surface area contributed by atoms with Gasteiger partial charge < -0.3 is 15.8 Å². The molecule has 0 aliphatic heterocycles. The average Bonchev–Trinajstić information content (AvgIpc) is 2.55. The first-order valence-electron chi connectivity index (χ1n) is 7.02. The molecule has 0 fully saturated rings. The topological polar surface area (TPSA) is 81.4 Å². The molecule has 0 radical (unpaired) electrons. The first kappa shape index (κ1) is 17.0. The lowest BCUT2D eigenvalue weighted by molar-refractivity contribution is -0.130. The van der Waals surface area contributed by atoms with E-state index in [0.717, 1.165) is 5.56 Å². The van der Waals surface area contributed by atoms with Crippen LogP contribution in [-0.4, -0.2) is 18.4 Å². The minimum Gasteiger partial charge on any atom is -0.368 e. The van der Waals surface area contributed by atoms with E-state index in [0.29, 0.717) is 10.6 Å². The van der Waals surface area contributed by atoms with Crippen molar-refractivity contribution >= 4 is 23.4 Å². The summed E-state index contributed by atoms with van der Waals surface area (Å²) in [7, 11) is 0. The molecule has 120 valence electrons. The summed E-state index contributed by atoms with van der Waals surface area (Å²) >= 11 is 6.00. The van der Waals surface area contributed by atoms with Crippen LogP contribution >= 0.6 is 11.6 Å². The molecule has 2 aromatic carbocycles. The van der Waals surface area contributed by atoms with E-state index in [2.05, 4.69) is 5.32 Å². The van der Waals surface area contributed by atoms with E-state index in [-0.39, 0.29) is 13.2 Å². The summed E-state index contributed by atoms with van der Waals surface area (Å²) in [6.45, 7) is 0.0154. The smallest absolute Gasteiger partial charge is 0.246 e. The van der Waals surface area contributed by atoms with Crippen LogP contribution in [0.15, 0.2) is 54.6 Å². The van der Waals surface area contributed by atoms with Gasteiger partial charge in [-0.2, -0.15) is 0 Å². The average molecular weight is 333 g/mol. The van der Waals surface area contributed by atoms with Gasteiger partial charge in [-0.25, -0.2) is 0 Å². The number of primary amides is 1. The van der Waals surface area contributed by atoms with Gasteiger partial charge in [-0.05, 0) is 17.2 Å². The van der Waals surface area contributed by atoms with Crippen LogP contribution in [0.2, 0.25) is 5.02 Å². The molecule has 2 amide bonds. The Kier molecular flexibility index (Phi) is 6.14. The van der Waals surface area contributed by atoms with Crippen LogP contribution < -0.4 is 11.1 Å². The zero-order chi connectivity index (χ0) is 16.7. The fourth-order valence-electron chi connectivity index (χ4n) is 2.04. The third-order valence-corrected chi connectivity index (χ3v) is 3.54. The third kappa shape index (κ3) is 5.09. The minimum absolute atomic E-state index is 0.193. The molecular weight excluding hydrogens is 316 g/mol. The number of carbonyl (C=O) groups excluding carboxylic acids is 2. The van der Waals surface area contributed by atoms with Crippen molar-refractivity contribution in [1.29, 1.82) is 0 Å². The SMILES string of the molecule is NC(=O)[C@@H](NC(=O)COCc1ccccc1Cl)c1ccccc1. The first-order valence-corrected chi connectivity index (χ1v) is 7.40. The van der Waals surface area contributed by atoms with Gasteiger partial charge >= 0.3 is 0 Å². The molecule has 5 nitrogen and oxygen atoms in total. The van der Waals surface area contributed by atoms with Gasteiger partial charge in [0.05, 0.1) is 6.61 Å². The largest absolute Gasteiger partial charge is 0.368 e. The maximum Gasteiger partial charge on any atom is 0.246 e. The van der Waals surface area contributed by atoms with Gasteiger partial charge in [0.25, 0.3) is 0 Å². The Labute approximate surface area is 139 Å². The highest BCUT2D eigenvalue weighted by Gasteiger charge is 2.19. The molecule has 0 heterocycles. The first-order chi connectivity index (χ1) is 11.1. The Morgan fingerprint density at radius 3 is 2.39 bits per heavy atom. The second-order valence-corrected chi connectivity index (χ2v) is 5.30. The zero-order valence-corrected chi connectivity index (χ0v) is 13.1. The number of ether oxygens (including phenoxy) is 1. The quantitative estimate of drug-likeness (QED) is 0.815. The Hall–Kier alpha value is -2.37. The van der Waals surface area contributed by atoms with E-state index in [4.69, 9.17) is 22.1 Å². The number of nitrogens with one attached hydrogen (secondary N) is 1. The predicted octanol–water partition coefficient (Wildman–Crippen LogP) is 2.20. The number of rotatable bonds is 7. The van der Waals surface area contributed by atoms with Gasteiger partial charge in [-0.1, -0.05) is 60.1 Å². The summed E-state index contributed by atoms with van der Waals surface area (Å²) < 4.78 is 5.33. The van der Waals surface area contributed by atoms with Crippen molar-refractivity contribution in [2.75, 3.05) is 6.61 Å². The Balaban J connectivity index is 1.88. The van der Waals surface area contributed by atoms with E-state index in [9.17, 15) is 9.59 Å². The predicted molar refractivity (Wildman–Crippen MR) is 87.6 cm³/mol. The Bertz CT molecular complexity index is 677. The van der Waals surface area contributed by atoms with Crippen molar-refractivity contribution in [2.24, 2.45) is 5.73 Å². The number of carbonyl (C=O) groups is 2. The van der Waals surface area contributed by atoms with E-state index in [1.165, 1.54) is 0 Å². The van der Waals surface area contributed by atoms with Crippen molar-refractivity contribution < 1.29 is 14.3 Å². The molecule has 0 bridgehead atoms. The van der Waals surface area contributed by atoms with Crippen molar-refractivity contribution in [3.8, 4) is 0 Å². The molecule has 0 aliphatic rings. The summed E-state index contributed by atoms with van der Waals surface area (Å²) in [4.78, 5) is 23.5. The van der Waals surface area contributed by atoms with Crippen molar-refractivity contribution in [3.05, 3.63) is 70.7 Å². The van der Waals surface area contributed by atoms with Crippen molar-refractivity contribution in [3.63, 3.8) is 0 Å². The van der Waals surface area contributed by atoms with Crippen LogP contribution in [0.3, 0.4) is 0 Å². The molecule has 1 atom stereocenters. The zero-order valence-electron chi connectivity index (χ0n) is 12.4. The van der Waals surface area contributed by atoms with Crippen LogP contribution in [0.1, 0.15) is 17.2 Å². The van der Waals surface area contributed by atoms with Gasteiger partial charge in [-0.15, -0.1) is 0 Å². The van der Waals surface area contributed by atoms with Crippen LogP contribution in [0.25, 0.3) is 0 Å². The number of halogens is 1. The normalized spacial score (nSPS) is 11.7. The maximum atomic E-state index is 11.9. The lowest BCUT2D eigenvalue weighted by Gasteiger charge is -2.16. The molecule has 0 aromatic heterocycles. The third-order valence-electron chi connectivity index (χ3n) is 3.17. The molecule has 2 aromatic rings. The molecule has 6 heteroatoms. The molecule has 0 saturated heterocycles. The van der Waals surface area contributed by atoms with E-state index in [1.54, 1.807) is 30.3 Å².